The van der Waals surface area contributed by atoms with Gasteiger partial charge in [-0.1, -0.05) is 22.9 Å². The Morgan fingerprint density at radius 1 is 1.12 bits per heavy atom. The summed E-state index contributed by atoms with van der Waals surface area (Å²) in [6.45, 7) is 5.69. The van der Waals surface area contributed by atoms with Crippen LogP contribution in [0.2, 0.25) is 0 Å². The molecule has 1 aromatic heterocycles. The van der Waals surface area contributed by atoms with E-state index in [2.05, 4.69) is 10.5 Å². The van der Waals surface area contributed by atoms with E-state index >= 15 is 0 Å². The number of aromatic carboxylic acids is 1. The zero-order valence-electron chi connectivity index (χ0n) is 14.2. The zero-order valence-corrected chi connectivity index (χ0v) is 14.2. The van der Waals surface area contributed by atoms with Crippen molar-refractivity contribution in [2.24, 2.45) is 0 Å². The van der Waals surface area contributed by atoms with Crippen molar-refractivity contribution in [1.29, 1.82) is 0 Å². The van der Waals surface area contributed by atoms with Gasteiger partial charge >= 0.3 is 5.97 Å². The first-order valence-electron chi connectivity index (χ1n) is 7.84. The van der Waals surface area contributed by atoms with Gasteiger partial charge in [-0.3, -0.25) is 4.79 Å². The van der Waals surface area contributed by atoms with E-state index in [9.17, 15) is 14.7 Å². The normalized spacial score (nSPS) is 10.8. The van der Waals surface area contributed by atoms with Crippen molar-refractivity contribution < 1.29 is 19.2 Å². The average molecular weight is 338 g/mol. The Balaban J connectivity index is 1.86. The lowest BCUT2D eigenvalue weighted by Gasteiger charge is -2.08. The van der Waals surface area contributed by atoms with E-state index in [0.717, 1.165) is 22.1 Å². The summed E-state index contributed by atoms with van der Waals surface area (Å²) in [6, 6.07) is 8.78. The van der Waals surface area contributed by atoms with Crippen LogP contribution in [0.3, 0.4) is 0 Å². The van der Waals surface area contributed by atoms with Crippen molar-refractivity contribution in [3.8, 4) is 0 Å². The Morgan fingerprint density at radius 3 is 2.60 bits per heavy atom. The molecule has 128 valence electrons. The maximum atomic E-state index is 12.4. The quantitative estimate of drug-likeness (QED) is 0.758. The molecule has 0 aliphatic heterocycles. The molecule has 0 aliphatic rings. The highest BCUT2D eigenvalue weighted by Gasteiger charge is 2.17. The molecular formula is C19H18N2O4. The van der Waals surface area contributed by atoms with E-state index < -0.39 is 5.97 Å². The molecule has 2 N–H and O–H groups in total. The summed E-state index contributed by atoms with van der Waals surface area (Å²) in [4.78, 5) is 23.7. The summed E-state index contributed by atoms with van der Waals surface area (Å²) < 4.78 is 5.34. The Kier molecular flexibility index (Phi) is 4.27. The van der Waals surface area contributed by atoms with Crippen molar-refractivity contribution in [1.82, 2.24) is 5.16 Å². The lowest BCUT2D eigenvalue weighted by atomic mass is 10.1. The molecule has 1 amide bonds. The lowest BCUT2D eigenvalue weighted by molar-refractivity contribution is -0.115. The molecule has 0 radical (unpaired) electrons. The monoisotopic (exact) mass is 338 g/mol. The summed E-state index contributed by atoms with van der Waals surface area (Å²) in [5.41, 5.74) is 4.35. The number of hydrogen-bond acceptors (Lipinski definition) is 4. The summed E-state index contributed by atoms with van der Waals surface area (Å²) in [5, 5.41) is 16.7. The molecular weight excluding hydrogens is 320 g/mol. The van der Waals surface area contributed by atoms with Gasteiger partial charge in [-0.05, 0) is 50.1 Å². The summed E-state index contributed by atoms with van der Waals surface area (Å²) in [6.07, 6.45) is 0.00281. The lowest BCUT2D eigenvalue weighted by Crippen LogP contribution is -2.17. The number of nitrogens with zero attached hydrogens (tertiary/aromatic N) is 1. The minimum Gasteiger partial charge on any atom is -0.478 e. The van der Waals surface area contributed by atoms with Crippen LogP contribution in [0.15, 0.2) is 34.9 Å². The smallest absolute Gasteiger partial charge is 0.337 e. The van der Waals surface area contributed by atoms with Crippen molar-refractivity contribution in [3.63, 3.8) is 0 Å². The predicted octanol–water partition coefficient (Wildman–Crippen LogP) is 3.63. The number of anilines is 1. The van der Waals surface area contributed by atoms with Gasteiger partial charge in [0.1, 0.15) is 5.69 Å². The van der Waals surface area contributed by atoms with Crippen molar-refractivity contribution >= 4 is 28.5 Å². The Labute approximate surface area is 144 Å². The average Bonchev–Trinajstić information content (AvgIpc) is 2.92. The highest BCUT2D eigenvalue weighted by atomic mass is 16.5. The Morgan fingerprint density at radius 2 is 1.88 bits per heavy atom. The number of benzene rings is 2. The summed E-state index contributed by atoms with van der Waals surface area (Å²) in [7, 11) is 0. The molecule has 0 atom stereocenters. The number of carbonyl (C=O) groups excluding carboxylic acids is 1. The molecule has 0 bridgehead atoms. The van der Waals surface area contributed by atoms with E-state index in [4.69, 9.17) is 4.52 Å². The van der Waals surface area contributed by atoms with E-state index in [1.807, 2.05) is 26.0 Å². The number of aromatic nitrogens is 1. The fourth-order valence-electron chi connectivity index (χ4n) is 2.86. The molecule has 6 heteroatoms. The van der Waals surface area contributed by atoms with Crippen LogP contribution >= 0.6 is 0 Å². The predicted molar refractivity (Wildman–Crippen MR) is 94.0 cm³/mol. The second-order valence-corrected chi connectivity index (χ2v) is 6.17. The highest BCUT2D eigenvalue weighted by molar-refractivity contribution is 6.02. The maximum absolute atomic E-state index is 12.4. The number of rotatable bonds is 4. The van der Waals surface area contributed by atoms with Gasteiger partial charge in [-0.25, -0.2) is 4.79 Å². The van der Waals surface area contributed by atoms with Gasteiger partial charge in [0.25, 0.3) is 0 Å². The first kappa shape index (κ1) is 16.7. The Bertz CT molecular complexity index is 988. The number of carbonyl (C=O) groups is 2. The van der Waals surface area contributed by atoms with E-state index in [1.165, 1.54) is 6.07 Å². The molecule has 0 unspecified atom stereocenters. The number of aryl methyl sites for hydroxylation is 3. The molecule has 3 aromatic rings. The second-order valence-electron chi connectivity index (χ2n) is 6.17. The van der Waals surface area contributed by atoms with E-state index in [0.29, 0.717) is 11.3 Å². The van der Waals surface area contributed by atoms with E-state index in [-0.39, 0.29) is 23.6 Å². The first-order valence-corrected chi connectivity index (χ1v) is 7.84. The SMILES string of the molecule is Cc1ccc(NC(=O)Cc2noc3c(C)cc(C)cc23)c(C(=O)O)c1. The molecule has 0 spiro atoms. The number of amides is 1. The van der Waals surface area contributed by atoms with Gasteiger partial charge in [-0.15, -0.1) is 0 Å². The third kappa shape index (κ3) is 3.38. The summed E-state index contributed by atoms with van der Waals surface area (Å²) >= 11 is 0. The van der Waals surface area contributed by atoms with Crippen molar-refractivity contribution in [3.05, 3.63) is 58.3 Å². The van der Waals surface area contributed by atoms with Crippen LogP contribution < -0.4 is 5.32 Å². The molecule has 6 nitrogen and oxygen atoms in total. The molecule has 25 heavy (non-hydrogen) atoms. The van der Waals surface area contributed by atoms with Crippen LogP contribution in [-0.2, 0) is 11.2 Å². The van der Waals surface area contributed by atoms with Gasteiger partial charge in [0.05, 0.1) is 17.7 Å². The Hall–Kier alpha value is -3.15. The molecule has 3 rings (SSSR count). The zero-order chi connectivity index (χ0) is 18.1. The second kappa shape index (κ2) is 6.39. The molecule has 0 aliphatic carbocycles. The molecule has 0 saturated carbocycles. The molecule has 0 saturated heterocycles. The molecule has 2 aromatic carbocycles. The fraction of sp³-hybridized carbons (Fsp3) is 0.211. The maximum Gasteiger partial charge on any atom is 0.337 e. The number of nitrogens with one attached hydrogen (secondary N) is 1. The van der Waals surface area contributed by atoms with Crippen LogP contribution in [0.25, 0.3) is 11.0 Å². The van der Waals surface area contributed by atoms with Gasteiger partial charge in [0, 0.05) is 5.39 Å². The van der Waals surface area contributed by atoms with Gasteiger partial charge in [-0.2, -0.15) is 0 Å². The number of carboxylic acid groups (broad SMARTS) is 1. The number of hydrogen-bond donors (Lipinski definition) is 2. The minimum atomic E-state index is -1.09. The third-order valence-corrected chi connectivity index (χ3v) is 3.98. The first-order chi connectivity index (χ1) is 11.8. The number of carboxylic acids is 1. The minimum absolute atomic E-state index is 0.00281. The third-order valence-electron chi connectivity index (χ3n) is 3.98. The largest absolute Gasteiger partial charge is 0.478 e. The van der Waals surface area contributed by atoms with Crippen LogP contribution in [0.5, 0.6) is 0 Å². The highest BCUT2D eigenvalue weighted by Crippen LogP contribution is 2.24. The fourth-order valence-corrected chi connectivity index (χ4v) is 2.86. The molecule has 0 fully saturated rings. The van der Waals surface area contributed by atoms with Crippen molar-refractivity contribution in [2.75, 3.05) is 5.32 Å². The summed E-state index contributed by atoms with van der Waals surface area (Å²) in [5.74, 6) is -1.43. The van der Waals surface area contributed by atoms with Crippen molar-refractivity contribution in [2.45, 2.75) is 27.2 Å². The van der Waals surface area contributed by atoms with E-state index in [1.54, 1.807) is 19.1 Å². The van der Waals surface area contributed by atoms with Crippen LogP contribution in [0.4, 0.5) is 5.69 Å². The van der Waals surface area contributed by atoms with Gasteiger partial charge in [0.2, 0.25) is 5.91 Å². The molecule has 1 heterocycles. The number of fused-ring (bicyclic) bond motifs is 1. The van der Waals surface area contributed by atoms with Crippen LogP contribution in [-0.4, -0.2) is 22.1 Å². The van der Waals surface area contributed by atoms with Gasteiger partial charge in [0.15, 0.2) is 5.58 Å². The topological polar surface area (TPSA) is 92.4 Å². The van der Waals surface area contributed by atoms with Crippen LogP contribution in [0.1, 0.15) is 32.7 Å². The van der Waals surface area contributed by atoms with Crippen LogP contribution in [0, 0.1) is 20.8 Å². The van der Waals surface area contributed by atoms with Gasteiger partial charge < -0.3 is 14.9 Å². The standard InChI is InChI=1S/C19H18N2O4/c1-10-4-5-15(14(7-10)19(23)24)20-17(22)9-16-13-8-11(2)6-12(3)18(13)25-21-16/h4-8H,9H2,1-3H3,(H,20,22)(H,23,24).